The van der Waals surface area contributed by atoms with Crippen LogP contribution in [0.25, 0.3) is 105 Å². The summed E-state index contributed by atoms with van der Waals surface area (Å²) >= 11 is 0. The largest absolute Gasteiger partial charge is 0.457 e. The van der Waals surface area contributed by atoms with Gasteiger partial charge in [0.2, 0.25) is 0 Å². The number of pyridine rings is 3. The zero-order chi connectivity index (χ0) is 46.4. The molecule has 0 radical (unpaired) electrons. The van der Waals surface area contributed by atoms with Crippen LogP contribution in [0.1, 0.15) is 22.3 Å². The predicted molar refractivity (Wildman–Crippen MR) is 286 cm³/mol. The van der Waals surface area contributed by atoms with E-state index in [1.54, 1.807) is 0 Å². The van der Waals surface area contributed by atoms with Gasteiger partial charge >= 0.3 is 0 Å². The van der Waals surface area contributed by atoms with Crippen LogP contribution in [-0.2, 0) is 5.41 Å². The summed E-state index contributed by atoms with van der Waals surface area (Å²) in [5.74, 6) is 2.49. The third-order valence-corrected chi connectivity index (χ3v) is 15.3. The van der Waals surface area contributed by atoms with Crippen LogP contribution in [0.5, 0.6) is 11.5 Å². The molecule has 1 aliphatic heterocycles. The molecule has 7 nitrogen and oxygen atoms in total. The first-order valence-electron chi connectivity index (χ1n) is 24.1. The van der Waals surface area contributed by atoms with Crippen molar-refractivity contribution >= 4 is 65.4 Å². The predicted octanol–water partition coefficient (Wildman–Crippen LogP) is 15.3. The molecule has 330 valence electrons. The van der Waals surface area contributed by atoms with Crippen molar-refractivity contribution in [2.24, 2.45) is 0 Å². The molecule has 16 rings (SSSR count). The Labute approximate surface area is 406 Å². The molecular weight excluding hydrogens is 869 g/mol. The van der Waals surface area contributed by atoms with E-state index < -0.39 is 5.41 Å². The van der Waals surface area contributed by atoms with E-state index >= 15 is 0 Å². The number of hydrogen-bond acceptors (Lipinski definition) is 4. The molecule has 0 saturated heterocycles. The first kappa shape index (κ1) is 38.4. The average molecular weight is 907 g/mol. The Morgan fingerprint density at radius 2 is 0.817 bits per heavy atom. The minimum atomic E-state index is -0.751. The van der Waals surface area contributed by atoms with Gasteiger partial charge in [-0.3, -0.25) is 14.5 Å². The van der Waals surface area contributed by atoms with Crippen LogP contribution in [-0.4, -0.2) is 28.7 Å². The van der Waals surface area contributed by atoms with Gasteiger partial charge in [-0.25, -0.2) is 4.98 Å². The van der Waals surface area contributed by atoms with Crippen LogP contribution >= 0.6 is 0 Å². The molecule has 1 aliphatic carbocycles. The highest BCUT2D eigenvalue weighted by Crippen LogP contribution is 2.62. The lowest BCUT2D eigenvalue weighted by Gasteiger charge is -2.39. The SMILES string of the molecule is c1cnc(-n2c3ccccc3c3ccccc32)c(-n2c3ccccc3c3cc(-c4ccc5c(c4)Oc4ccc(-n6c7ccccc7c7ccccc76)cc4C54c5cccnc5-c5ncccc54)ccc32)c1. The summed E-state index contributed by atoms with van der Waals surface area (Å²) in [4.78, 5) is 15.2. The molecule has 0 atom stereocenters. The quantitative estimate of drug-likeness (QED) is 0.176. The number of nitrogens with zero attached hydrogens (tertiary/aromatic N) is 6. The van der Waals surface area contributed by atoms with E-state index in [0.29, 0.717) is 0 Å². The molecule has 2 aliphatic rings. The summed E-state index contributed by atoms with van der Waals surface area (Å²) in [5.41, 5.74) is 16.3. The molecule has 71 heavy (non-hydrogen) atoms. The van der Waals surface area contributed by atoms with Gasteiger partial charge in [0.15, 0.2) is 5.82 Å². The summed E-state index contributed by atoms with van der Waals surface area (Å²) in [5, 5.41) is 7.17. The zero-order valence-electron chi connectivity index (χ0n) is 38.0. The molecule has 1 spiro atoms. The Kier molecular flexibility index (Phi) is 7.69. The van der Waals surface area contributed by atoms with Gasteiger partial charge in [-0.15, -0.1) is 0 Å². The molecule has 0 fully saturated rings. The van der Waals surface area contributed by atoms with E-state index in [1.807, 2.05) is 24.7 Å². The second kappa shape index (κ2) is 14.2. The lowest BCUT2D eigenvalue weighted by molar-refractivity contribution is 0.436. The Bertz CT molecular complexity index is 4440. The Balaban J connectivity index is 0.887. The Morgan fingerprint density at radius 3 is 1.44 bits per heavy atom. The maximum atomic E-state index is 7.17. The molecule has 0 amide bonds. The number of ether oxygens (including phenoxy) is 1. The molecule has 7 heteroatoms. The topological polar surface area (TPSA) is 62.7 Å². The summed E-state index contributed by atoms with van der Waals surface area (Å²) in [7, 11) is 0. The Hall–Kier alpha value is -9.59. The minimum absolute atomic E-state index is 0.751. The van der Waals surface area contributed by atoms with Gasteiger partial charge in [-0.1, -0.05) is 121 Å². The van der Waals surface area contributed by atoms with Crippen LogP contribution in [0, 0.1) is 0 Å². The van der Waals surface area contributed by atoms with Crippen molar-refractivity contribution in [3.8, 4) is 51.2 Å². The average Bonchev–Trinajstić information content (AvgIpc) is 4.15. The standard InChI is InChI=1S/C64H38N6O/c1-6-21-52-42(14-1)43-15-2-7-22-53(43)68(52)41-29-32-59-51(38-41)64(49-19-11-33-65-61(49)62-50(64)20-12-34-66-62)48-30-27-40(37-60(48)71-59)39-28-31-57-47(36-39)46-18-5-8-23-54(46)69(57)58-26-13-35-67-63(58)70-55-24-9-3-16-44(55)45-17-4-10-25-56(45)70/h1-38H. The van der Waals surface area contributed by atoms with E-state index in [-0.39, 0.29) is 0 Å². The molecule has 0 saturated carbocycles. The first-order chi connectivity index (χ1) is 35.2. The van der Waals surface area contributed by atoms with Crippen LogP contribution in [0.15, 0.2) is 231 Å². The van der Waals surface area contributed by atoms with Crippen molar-refractivity contribution in [1.29, 1.82) is 0 Å². The molecular formula is C64H38N6O. The van der Waals surface area contributed by atoms with E-state index in [1.165, 1.54) is 26.9 Å². The van der Waals surface area contributed by atoms with Gasteiger partial charge in [0.05, 0.1) is 55.6 Å². The van der Waals surface area contributed by atoms with Gasteiger partial charge in [-0.2, -0.15) is 0 Å². The molecule has 0 unspecified atom stereocenters. The number of hydrogen-bond donors (Lipinski definition) is 0. The highest BCUT2D eigenvalue weighted by atomic mass is 16.5. The van der Waals surface area contributed by atoms with Gasteiger partial charge in [0.1, 0.15) is 11.5 Å². The van der Waals surface area contributed by atoms with Crippen molar-refractivity contribution < 1.29 is 4.74 Å². The van der Waals surface area contributed by atoms with Crippen molar-refractivity contribution in [3.05, 3.63) is 253 Å². The molecule has 0 bridgehead atoms. The van der Waals surface area contributed by atoms with Gasteiger partial charge < -0.3 is 13.9 Å². The Morgan fingerprint density at radius 1 is 0.324 bits per heavy atom. The van der Waals surface area contributed by atoms with E-state index in [2.05, 4.69) is 220 Å². The number of benzene rings is 8. The van der Waals surface area contributed by atoms with Gasteiger partial charge in [0, 0.05) is 67.7 Å². The molecule has 0 N–H and O–H groups in total. The number of rotatable bonds is 4. The van der Waals surface area contributed by atoms with Crippen molar-refractivity contribution in [2.75, 3.05) is 0 Å². The van der Waals surface area contributed by atoms with Crippen molar-refractivity contribution in [1.82, 2.24) is 28.7 Å². The number of fused-ring (bicyclic) bond motifs is 18. The smallest absolute Gasteiger partial charge is 0.162 e. The molecule has 6 aromatic heterocycles. The fourth-order valence-electron chi connectivity index (χ4n) is 12.4. The van der Waals surface area contributed by atoms with Crippen LogP contribution in [0.3, 0.4) is 0 Å². The van der Waals surface area contributed by atoms with Gasteiger partial charge in [0.25, 0.3) is 0 Å². The third kappa shape index (κ3) is 5.08. The van der Waals surface area contributed by atoms with Crippen molar-refractivity contribution in [2.45, 2.75) is 5.41 Å². The van der Waals surface area contributed by atoms with E-state index in [0.717, 1.165) is 112 Å². The fraction of sp³-hybridized carbons (Fsp3) is 0.0156. The van der Waals surface area contributed by atoms with Gasteiger partial charge in [-0.05, 0) is 113 Å². The maximum absolute atomic E-state index is 7.17. The second-order valence-corrected chi connectivity index (χ2v) is 18.7. The maximum Gasteiger partial charge on any atom is 0.162 e. The first-order valence-corrected chi connectivity index (χ1v) is 24.1. The lowest BCUT2D eigenvalue weighted by atomic mass is 9.66. The lowest BCUT2D eigenvalue weighted by Crippen LogP contribution is -2.32. The van der Waals surface area contributed by atoms with E-state index in [4.69, 9.17) is 19.7 Å². The minimum Gasteiger partial charge on any atom is -0.457 e. The monoisotopic (exact) mass is 906 g/mol. The molecule has 14 aromatic rings. The number of aromatic nitrogens is 6. The van der Waals surface area contributed by atoms with Crippen LogP contribution in [0.4, 0.5) is 0 Å². The third-order valence-electron chi connectivity index (χ3n) is 15.3. The van der Waals surface area contributed by atoms with Crippen LogP contribution < -0.4 is 4.74 Å². The zero-order valence-corrected chi connectivity index (χ0v) is 38.0. The number of para-hydroxylation sites is 5. The summed E-state index contributed by atoms with van der Waals surface area (Å²) in [6.07, 6.45) is 5.65. The van der Waals surface area contributed by atoms with Crippen molar-refractivity contribution in [3.63, 3.8) is 0 Å². The van der Waals surface area contributed by atoms with Crippen LogP contribution in [0.2, 0.25) is 0 Å². The second-order valence-electron chi connectivity index (χ2n) is 18.7. The normalized spacial score (nSPS) is 13.3. The highest BCUT2D eigenvalue weighted by Gasteiger charge is 2.52. The summed E-state index contributed by atoms with van der Waals surface area (Å²) < 4.78 is 14.2. The summed E-state index contributed by atoms with van der Waals surface area (Å²) in [6.45, 7) is 0. The van der Waals surface area contributed by atoms with E-state index in [9.17, 15) is 0 Å². The fourth-order valence-corrected chi connectivity index (χ4v) is 12.4. The highest BCUT2D eigenvalue weighted by molar-refractivity contribution is 6.13. The molecule has 7 heterocycles. The summed E-state index contributed by atoms with van der Waals surface area (Å²) in [6, 6.07) is 76.4. The molecule has 8 aromatic carbocycles.